The molecule has 0 aromatic heterocycles. The average Bonchev–Trinajstić information content (AvgIpc) is 3.33. The topological polar surface area (TPSA) is 75.8 Å². The molecule has 0 unspecified atom stereocenters. The number of epoxide rings is 1. The van der Waals surface area contributed by atoms with E-state index in [2.05, 4.69) is 37.3 Å². The van der Waals surface area contributed by atoms with Gasteiger partial charge < -0.3 is 4.74 Å². The molecule has 1 N–H and O–H groups in total. The van der Waals surface area contributed by atoms with Crippen molar-refractivity contribution in [1.29, 1.82) is 0 Å². The van der Waals surface area contributed by atoms with Gasteiger partial charge in [-0.2, -0.15) is 0 Å². The molecular weight excluding hydrogens is 362 g/mol. The van der Waals surface area contributed by atoms with E-state index in [1.165, 1.54) is 25.7 Å². The fraction of sp³-hybridized carbons (Fsp3) is 0.667. The molecule has 2 atom stereocenters. The number of hydrogen-bond acceptors (Lipinski definition) is 4. The third kappa shape index (κ3) is 14.3. The second kappa shape index (κ2) is 13.7. The van der Waals surface area contributed by atoms with Crippen molar-refractivity contribution < 1.29 is 17.9 Å². The maximum Gasteiger partial charge on any atom is 0.233 e. The van der Waals surface area contributed by atoms with Crippen LogP contribution in [-0.2, 0) is 19.6 Å². The van der Waals surface area contributed by atoms with Gasteiger partial charge >= 0.3 is 0 Å². The first-order chi connectivity index (χ1) is 12.9. The van der Waals surface area contributed by atoms with Gasteiger partial charge in [-0.1, -0.05) is 62.6 Å². The van der Waals surface area contributed by atoms with Crippen molar-refractivity contribution in [3.8, 4) is 0 Å². The summed E-state index contributed by atoms with van der Waals surface area (Å²) in [5, 5.41) is 0. The van der Waals surface area contributed by atoms with Crippen molar-refractivity contribution in [2.45, 2.75) is 83.3 Å². The van der Waals surface area contributed by atoms with Crippen LogP contribution in [0.15, 0.2) is 36.5 Å². The van der Waals surface area contributed by atoms with E-state index in [0.29, 0.717) is 18.6 Å². The van der Waals surface area contributed by atoms with Gasteiger partial charge in [0.1, 0.15) is 0 Å². The first-order valence-corrected chi connectivity index (χ1v) is 11.9. The van der Waals surface area contributed by atoms with Crippen molar-refractivity contribution in [1.82, 2.24) is 4.72 Å². The largest absolute Gasteiger partial charge is 0.369 e. The highest BCUT2D eigenvalue weighted by Gasteiger charge is 2.36. The standard InChI is InChI=1S/C21H35NO4S/c1-3-4-13-16-19-20(26-19)17-14-11-9-7-5-6-8-10-12-15-18-21(23)22-27(2,24)25/h5,7-8,10-11,14,19-20H,3-4,6,9,12-13,15-18H2,1-2H3,(H,22,23)/t19-,20+/m1/s1. The third-order valence-electron chi connectivity index (χ3n) is 4.27. The summed E-state index contributed by atoms with van der Waals surface area (Å²) < 4.78 is 29.4. The van der Waals surface area contributed by atoms with E-state index in [9.17, 15) is 13.2 Å². The van der Waals surface area contributed by atoms with Crippen LogP contribution in [0.3, 0.4) is 0 Å². The molecule has 27 heavy (non-hydrogen) atoms. The van der Waals surface area contributed by atoms with Crippen LogP contribution >= 0.6 is 0 Å². The first-order valence-electron chi connectivity index (χ1n) is 10.0. The number of nitrogens with one attached hydrogen (secondary N) is 1. The Morgan fingerprint density at radius 1 is 0.963 bits per heavy atom. The molecule has 6 heteroatoms. The molecule has 0 aliphatic carbocycles. The molecule has 1 amide bonds. The first kappa shape index (κ1) is 23.6. The van der Waals surface area contributed by atoms with Gasteiger partial charge in [0, 0.05) is 6.42 Å². The van der Waals surface area contributed by atoms with Gasteiger partial charge in [0.25, 0.3) is 0 Å². The van der Waals surface area contributed by atoms with Gasteiger partial charge in [-0.15, -0.1) is 0 Å². The van der Waals surface area contributed by atoms with E-state index in [4.69, 9.17) is 4.74 Å². The Kier molecular flexibility index (Phi) is 12.0. The summed E-state index contributed by atoms with van der Waals surface area (Å²) in [7, 11) is -3.44. The zero-order chi connectivity index (χ0) is 20.0. The highest BCUT2D eigenvalue weighted by molar-refractivity contribution is 7.89. The van der Waals surface area contributed by atoms with E-state index in [0.717, 1.165) is 31.9 Å². The fourth-order valence-corrected chi connectivity index (χ4v) is 3.28. The van der Waals surface area contributed by atoms with Crippen molar-refractivity contribution in [2.75, 3.05) is 6.26 Å². The smallest absolute Gasteiger partial charge is 0.233 e. The summed E-state index contributed by atoms with van der Waals surface area (Å²) in [6, 6.07) is 0. The van der Waals surface area contributed by atoms with Crippen LogP contribution in [-0.4, -0.2) is 32.8 Å². The highest BCUT2D eigenvalue weighted by Crippen LogP contribution is 2.30. The van der Waals surface area contributed by atoms with Crippen LogP contribution in [0.25, 0.3) is 0 Å². The molecule has 154 valence electrons. The second-order valence-electron chi connectivity index (χ2n) is 7.02. The van der Waals surface area contributed by atoms with Crippen molar-refractivity contribution in [3.05, 3.63) is 36.5 Å². The minimum Gasteiger partial charge on any atom is -0.369 e. The minimum atomic E-state index is -3.44. The molecule has 0 spiro atoms. The van der Waals surface area contributed by atoms with Crippen molar-refractivity contribution in [3.63, 3.8) is 0 Å². The lowest BCUT2D eigenvalue weighted by Crippen LogP contribution is -2.28. The second-order valence-corrected chi connectivity index (χ2v) is 8.77. The molecule has 1 heterocycles. The van der Waals surface area contributed by atoms with Crippen LogP contribution in [0.5, 0.6) is 0 Å². The van der Waals surface area contributed by atoms with E-state index in [1.807, 2.05) is 10.8 Å². The van der Waals surface area contributed by atoms with Gasteiger partial charge in [-0.3, -0.25) is 9.52 Å². The quantitative estimate of drug-likeness (QED) is 0.252. The van der Waals surface area contributed by atoms with Crippen LogP contribution < -0.4 is 4.72 Å². The molecule has 0 aromatic rings. The predicted octanol–water partition coefficient (Wildman–Crippen LogP) is 4.42. The Bertz CT molecular complexity index is 608. The van der Waals surface area contributed by atoms with Gasteiger partial charge in [0.15, 0.2) is 0 Å². The van der Waals surface area contributed by atoms with Crippen LogP contribution in [0, 0.1) is 0 Å². The molecule has 0 bridgehead atoms. The van der Waals surface area contributed by atoms with Gasteiger partial charge in [0.05, 0.1) is 18.5 Å². The zero-order valence-corrected chi connectivity index (χ0v) is 17.5. The molecule has 1 rings (SSSR count). The number of carbonyl (C=O) groups is 1. The Morgan fingerprint density at radius 3 is 2.30 bits per heavy atom. The number of carbonyl (C=O) groups excluding carboxylic acids is 1. The molecule has 5 nitrogen and oxygen atoms in total. The minimum absolute atomic E-state index is 0.224. The van der Waals surface area contributed by atoms with E-state index < -0.39 is 15.9 Å². The monoisotopic (exact) mass is 397 g/mol. The summed E-state index contributed by atoms with van der Waals surface area (Å²) in [6.45, 7) is 2.22. The SMILES string of the molecule is CCCCC[C@H]1O[C@H]1CC=CCC=CCC=CCCCC(=O)NS(C)(=O)=O. The average molecular weight is 398 g/mol. The van der Waals surface area contributed by atoms with Crippen molar-refractivity contribution >= 4 is 15.9 Å². The fourth-order valence-electron chi connectivity index (χ4n) is 2.76. The van der Waals surface area contributed by atoms with E-state index in [1.54, 1.807) is 0 Å². The van der Waals surface area contributed by atoms with Gasteiger partial charge in [0.2, 0.25) is 15.9 Å². The molecule has 1 saturated heterocycles. The molecule has 0 aromatic carbocycles. The van der Waals surface area contributed by atoms with Gasteiger partial charge in [-0.25, -0.2) is 8.42 Å². The number of allylic oxidation sites excluding steroid dienone is 5. The number of ether oxygens (including phenoxy) is 1. The Morgan fingerprint density at radius 2 is 1.63 bits per heavy atom. The lowest BCUT2D eigenvalue weighted by molar-refractivity contribution is -0.119. The molecule has 1 aliphatic heterocycles. The van der Waals surface area contributed by atoms with Gasteiger partial charge in [-0.05, 0) is 38.5 Å². The predicted molar refractivity (Wildman–Crippen MR) is 111 cm³/mol. The van der Waals surface area contributed by atoms with Crippen LogP contribution in [0.4, 0.5) is 0 Å². The maximum atomic E-state index is 11.3. The molecular formula is C21H35NO4S. The van der Waals surface area contributed by atoms with Crippen LogP contribution in [0.2, 0.25) is 0 Å². The zero-order valence-electron chi connectivity index (χ0n) is 16.7. The third-order valence-corrected chi connectivity index (χ3v) is 4.86. The number of sulfonamides is 1. The van der Waals surface area contributed by atoms with E-state index >= 15 is 0 Å². The summed E-state index contributed by atoms with van der Waals surface area (Å²) in [5.41, 5.74) is 0. The number of amides is 1. The lowest BCUT2D eigenvalue weighted by Gasteiger charge is -2.00. The molecule has 0 saturated carbocycles. The Labute approximate surface area is 165 Å². The summed E-state index contributed by atoms with van der Waals surface area (Å²) in [6.07, 6.45) is 24.2. The van der Waals surface area contributed by atoms with Crippen LogP contribution in [0.1, 0.15) is 71.1 Å². The Hall–Kier alpha value is -1.40. The number of rotatable bonds is 15. The summed E-state index contributed by atoms with van der Waals surface area (Å²) in [4.78, 5) is 11.3. The highest BCUT2D eigenvalue weighted by atomic mass is 32.2. The van der Waals surface area contributed by atoms with Crippen molar-refractivity contribution in [2.24, 2.45) is 0 Å². The van der Waals surface area contributed by atoms with E-state index in [-0.39, 0.29) is 6.42 Å². The number of hydrogen-bond donors (Lipinski definition) is 1. The summed E-state index contributed by atoms with van der Waals surface area (Å²) >= 11 is 0. The maximum absolute atomic E-state index is 11.3. The summed E-state index contributed by atoms with van der Waals surface area (Å²) in [5.74, 6) is -0.443. The molecule has 1 aliphatic rings. The Balaban J connectivity index is 1.94. The number of unbranched alkanes of at least 4 members (excludes halogenated alkanes) is 3. The lowest BCUT2D eigenvalue weighted by atomic mass is 10.1. The molecule has 1 fully saturated rings. The normalized spacial score (nSPS) is 20.1. The molecule has 0 radical (unpaired) electrons.